The highest BCUT2D eigenvalue weighted by Gasteiger charge is 2.47. The highest BCUT2D eigenvalue weighted by molar-refractivity contribution is 6.57. The van der Waals surface area contributed by atoms with Crippen molar-refractivity contribution in [2.45, 2.75) is 36.6 Å². The van der Waals surface area contributed by atoms with Crippen molar-refractivity contribution in [3.63, 3.8) is 0 Å². The van der Waals surface area contributed by atoms with Gasteiger partial charge in [-0.1, -0.05) is 47.5 Å². The zero-order valence-electron chi connectivity index (χ0n) is 16.3. The maximum absolute atomic E-state index is 13.5. The molecule has 30 heavy (non-hydrogen) atoms. The van der Waals surface area contributed by atoms with Crippen LogP contribution in [0.4, 0.5) is 8.78 Å². The van der Waals surface area contributed by atoms with Crippen LogP contribution in [0.15, 0.2) is 59.2 Å². The molecule has 0 aromatic heterocycles. The van der Waals surface area contributed by atoms with Crippen LogP contribution in [0, 0.1) is 17.6 Å². The van der Waals surface area contributed by atoms with Crippen molar-refractivity contribution in [2.75, 3.05) is 0 Å². The van der Waals surface area contributed by atoms with Crippen LogP contribution >= 0.6 is 23.2 Å². The molecule has 1 aliphatic heterocycles. The summed E-state index contributed by atoms with van der Waals surface area (Å²) in [6, 6.07) is 11.9. The summed E-state index contributed by atoms with van der Waals surface area (Å²) < 4.78 is 25.1. The van der Waals surface area contributed by atoms with Gasteiger partial charge in [0.15, 0.2) is 4.33 Å². The van der Waals surface area contributed by atoms with Crippen molar-refractivity contribution in [2.24, 2.45) is 11.0 Å². The van der Waals surface area contributed by atoms with Crippen molar-refractivity contribution in [1.82, 2.24) is 5.01 Å². The van der Waals surface area contributed by atoms with Crippen LogP contribution in [0.1, 0.15) is 43.4 Å². The van der Waals surface area contributed by atoms with Gasteiger partial charge < -0.3 is 0 Å². The van der Waals surface area contributed by atoms with Crippen LogP contribution in [0.5, 0.6) is 0 Å². The molecule has 7 heteroatoms. The molecule has 3 nitrogen and oxygen atoms in total. The van der Waals surface area contributed by atoms with Crippen LogP contribution in [0.3, 0.4) is 0 Å². The summed E-state index contributed by atoms with van der Waals surface area (Å²) >= 11 is 12.2. The summed E-state index contributed by atoms with van der Waals surface area (Å²) in [6.07, 6.45) is 4.51. The predicted octanol–water partition coefficient (Wildman–Crippen LogP) is 6.28. The number of carbonyl (C=O) groups excluding carboxylic acids is 1. The third-order valence-corrected chi connectivity index (χ3v) is 5.83. The first-order valence-corrected chi connectivity index (χ1v) is 10.5. The molecule has 156 valence electrons. The SMILES string of the molecule is CC(Cl)(Cl)C(=O)N1N=C2/C(=C\c3ccc(F)cc3)CCC[C@H]2[C@@H]1c1ccc(F)cc1. The van der Waals surface area contributed by atoms with Gasteiger partial charge in [0.1, 0.15) is 11.6 Å². The van der Waals surface area contributed by atoms with Gasteiger partial charge in [0.25, 0.3) is 5.91 Å². The Morgan fingerprint density at radius 3 is 2.30 bits per heavy atom. The number of rotatable bonds is 3. The summed E-state index contributed by atoms with van der Waals surface area (Å²) in [5.41, 5.74) is 3.42. The first-order valence-electron chi connectivity index (χ1n) is 9.76. The summed E-state index contributed by atoms with van der Waals surface area (Å²) in [4.78, 5) is 13.0. The molecule has 2 aliphatic rings. The summed E-state index contributed by atoms with van der Waals surface area (Å²) in [5.74, 6) is -1.23. The third kappa shape index (κ3) is 4.14. The van der Waals surface area contributed by atoms with Crippen molar-refractivity contribution < 1.29 is 13.6 Å². The molecule has 1 aliphatic carbocycles. The second kappa shape index (κ2) is 8.12. The molecule has 0 saturated heterocycles. The third-order valence-electron chi connectivity index (χ3n) is 5.51. The van der Waals surface area contributed by atoms with Gasteiger partial charge in [-0.05, 0) is 73.2 Å². The molecule has 0 N–H and O–H groups in total. The molecule has 4 rings (SSSR count). The minimum atomic E-state index is -1.64. The van der Waals surface area contributed by atoms with E-state index in [9.17, 15) is 13.6 Å². The average Bonchev–Trinajstić information content (AvgIpc) is 3.09. The van der Waals surface area contributed by atoms with Gasteiger partial charge in [0, 0.05) is 5.92 Å². The topological polar surface area (TPSA) is 32.7 Å². The van der Waals surface area contributed by atoms with E-state index in [2.05, 4.69) is 5.10 Å². The quantitative estimate of drug-likeness (QED) is 0.508. The number of halogens is 4. The number of hydrogen-bond donors (Lipinski definition) is 0. The number of amides is 1. The fourth-order valence-electron chi connectivity index (χ4n) is 4.12. The van der Waals surface area contributed by atoms with Gasteiger partial charge in [-0.15, -0.1) is 0 Å². The van der Waals surface area contributed by atoms with Crippen molar-refractivity contribution in [1.29, 1.82) is 0 Å². The Morgan fingerprint density at radius 1 is 1.10 bits per heavy atom. The molecule has 2 aromatic carbocycles. The van der Waals surface area contributed by atoms with Crippen molar-refractivity contribution in [3.8, 4) is 0 Å². The second-order valence-corrected chi connectivity index (χ2v) is 9.44. The zero-order chi connectivity index (χ0) is 21.5. The van der Waals surface area contributed by atoms with Crippen LogP contribution < -0.4 is 0 Å². The van der Waals surface area contributed by atoms with E-state index in [1.165, 1.54) is 36.2 Å². The standard InChI is InChI=1S/C23H20Cl2F2N2O/c1-23(24,25)22(30)29-21(15-7-11-18(27)12-8-15)19-4-2-3-16(20(19)28-29)13-14-5-9-17(26)10-6-14/h5-13,19,21H,2-4H2,1H3/b16-13-/t19-,21+/m1/s1. The summed E-state index contributed by atoms with van der Waals surface area (Å²) in [7, 11) is 0. The van der Waals surface area contributed by atoms with E-state index in [-0.39, 0.29) is 17.6 Å². The van der Waals surface area contributed by atoms with Gasteiger partial charge in [-0.2, -0.15) is 5.10 Å². The smallest absolute Gasteiger partial charge is 0.269 e. The van der Waals surface area contributed by atoms with Crippen LogP contribution in [0.25, 0.3) is 6.08 Å². The Morgan fingerprint density at radius 2 is 1.70 bits per heavy atom. The Kier molecular flexibility index (Phi) is 5.69. The summed E-state index contributed by atoms with van der Waals surface area (Å²) in [5, 5.41) is 5.99. The molecular formula is C23H20Cl2F2N2O. The number of benzene rings is 2. The lowest BCUT2D eigenvalue weighted by molar-refractivity contribution is -0.134. The number of alkyl halides is 2. The lowest BCUT2D eigenvalue weighted by Gasteiger charge is -2.31. The number of allylic oxidation sites excluding steroid dienone is 1. The molecule has 1 fully saturated rings. The normalized spacial score (nSPS) is 22.8. The van der Waals surface area contributed by atoms with Crippen molar-refractivity contribution >= 4 is 40.9 Å². The fraction of sp³-hybridized carbons (Fsp3) is 0.304. The van der Waals surface area contributed by atoms with Gasteiger partial charge in [0.05, 0.1) is 11.8 Å². The first kappa shape index (κ1) is 21.0. The van der Waals surface area contributed by atoms with E-state index in [1.54, 1.807) is 24.3 Å². The monoisotopic (exact) mass is 448 g/mol. The second-order valence-electron chi connectivity index (χ2n) is 7.74. The zero-order valence-corrected chi connectivity index (χ0v) is 17.8. The minimum absolute atomic E-state index is 0.0597. The molecule has 2 atom stereocenters. The van der Waals surface area contributed by atoms with Crippen molar-refractivity contribution in [3.05, 3.63) is 76.9 Å². The highest BCUT2D eigenvalue weighted by atomic mass is 35.5. The lowest BCUT2D eigenvalue weighted by atomic mass is 9.77. The molecule has 0 unspecified atom stereocenters. The highest BCUT2D eigenvalue weighted by Crippen LogP contribution is 2.45. The van der Waals surface area contributed by atoms with E-state index >= 15 is 0 Å². The Hall–Kier alpha value is -2.24. The minimum Gasteiger partial charge on any atom is -0.269 e. The molecule has 1 saturated carbocycles. The maximum Gasteiger partial charge on any atom is 0.279 e. The number of hydrazone groups is 1. The molecule has 0 spiro atoms. The molecular weight excluding hydrogens is 429 g/mol. The molecule has 0 radical (unpaired) electrons. The average molecular weight is 449 g/mol. The van der Waals surface area contributed by atoms with Gasteiger partial charge in [-0.3, -0.25) is 4.79 Å². The van der Waals surface area contributed by atoms with Crippen LogP contribution in [-0.4, -0.2) is 21.0 Å². The number of carbonyl (C=O) groups is 1. The van der Waals surface area contributed by atoms with E-state index in [0.29, 0.717) is 0 Å². The molecule has 2 aromatic rings. The number of fused-ring (bicyclic) bond motifs is 1. The summed E-state index contributed by atoms with van der Waals surface area (Å²) in [6.45, 7) is 1.41. The lowest BCUT2D eigenvalue weighted by Crippen LogP contribution is -2.39. The Labute approximate surface area is 184 Å². The maximum atomic E-state index is 13.5. The first-order chi connectivity index (χ1) is 14.2. The fourth-order valence-corrected chi connectivity index (χ4v) is 4.30. The number of hydrogen-bond acceptors (Lipinski definition) is 2. The van der Waals surface area contributed by atoms with Gasteiger partial charge in [0.2, 0.25) is 0 Å². The van der Waals surface area contributed by atoms with E-state index in [0.717, 1.165) is 41.7 Å². The Balaban J connectivity index is 1.76. The van der Waals surface area contributed by atoms with E-state index in [4.69, 9.17) is 23.2 Å². The molecule has 0 bridgehead atoms. The Bertz CT molecular complexity index is 1010. The molecule has 1 heterocycles. The van der Waals surface area contributed by atoms with Gasteiger partial charge >= 0.3 is 0 Å². The van der Waals surface area contributed by atoms with Gasteiger partial charge in [-0.25, -0.2) is 13.8 Å². The van der Waals surface area contributed by atoms with E-state index < -0.39 is 16.3 Å². The largest absolute Gasteiger partial charge is 0.279 e. The predicted molar refractivity (Wildman–Crippen MR) is 115 cm³/mol. The number of nitrogens with zero attached hydrogens (tertiary/aromatic N) is 2. The van der Waals surface area contributed by atoms with Crippen LogP contribution in [-0.2, 0) is 4.79 Å². The van der Waals surface area contributed by atoms with E-state index in [1.807, 2.05) is 6.08 Å². The van der Waals surface area contributed by atoms with Crippen LogP contribution in [0.2, 0.25) is 0 Å². The molecule has 1 amide bonds.